The summed E-state index contributed by atoms with van der Waals surface area (Å²) in [6, 6.07) is 4.26. The van der Waals surface area contributed by atoms with E-state index in [9.17, 15) is 5.11 Å². The minimum absolute atomic E-state index is 0.471. The van der Waals surface area contributed by atoms with Crippen LogP contribution < -0.4 is 16.0 Å². The first-order valence-corrected chi connectivity index (χ1v) is 7.00. The van der Waals surface area contributed by atoms with Gasteiger partial charge in [-0.05, 0) is 76.7 Å². The molecule has 4 N–H and O–H groups in total. The van der Waals surface area contributed by atoms with Gasteiger partial charge in [-0.15, -0.1) is 0 Å². The third-order valence-electron chi connectivity index (χ3n) is 3.28. The van der Waals surface area contributed by atoms with Gasteiger partial charge in [0, 0.05) is 0 Å². The van der Waals surface area contributed by atoms with E-state index < -0.39 is 0 Å². The second-order valence-corrected chi connectivity index (χ2v) is 4.82. The normalized spacial score (nSPS) is 10.9. The van der Waals surface area contributed by atoms with E-state index in [0.29, 0.717) is 5.75 Å². The molecule has 0 aliphatic heterocycles. The summed E-state index contributed by atoms with van der Waals surface area (Å²) in [7, 11) is 5.83. The molecule has 0 heterocycles. The second kappa shape index (κ2) is 8.91. The van der Waals surface area contributed by atoms with Gasteiger partial charge in [-0.1, -0.05) is 12.1 Å². The van der Waals surface area contributed by atoms with Gasteiger partial charge in [0.2, 0.25) is 0 Å². The molecule has 0 fully saturated rings. The third-order valence-corrected chi connectivity index (χ3v) is 3.28. The summed E-state index contributed by atoms with van der Waals surface area (Å²) in [6.45, 7) is 2.73. The molecular weight excluding hydrogens is 238 g/mol. The Labute approximate surface area is 116 Å². The van der Waals surface area contributed by atoms with Crippen molar-refractivity contribution >= 4 is 0 Å². The Morgan fingerprint density at radius 2 is 1.21 bits per heavy atom. The minimum atomic E-state index is 0.471. The molecule has 1 rings (SSSR count). The first-order valence-electron chi connectivity index (χ1n) is 7.00. The van der Waals surface area contributed by atoms with E-state index >= 15 is 0 Å². The van der Waals surface area contributed by atoms with Crippen LogP contribution in [-0.4, -0.2) is 45.9 Å². The van der Waals surface area contributed by atoms with E-state index in [4.69, 9.17) is 0 Å². The summed E-state index contributed by atoms with van der Waals surface area (Å²) in [5.74, 6) is 0.471. The number of nitrogens with one attached hydrogen (secondary N) is 3. The molecule has 0 saturated carbocycles. The lowest BCUT2D eigenvalue weighted by Gasteiger charge is -2.13. The van der Waals surface area contributed by atoms with Gasteiger partial charge in [-0.2, -0.15) is 0 Å². The monoisotopic (exact) mass is 265 g/mol. The molecular formula is C15H27N3O. The Bertz CT molecular complexity index is 351. The van der Waals surface area contributed by atoms with Crippen LogP contribution in [-0.2, 0) is 19.3 Å². The number of hydrogen-bond donors (Lipinski definition) is 4. The average molecular weight is 265 g/mol. The van der Waals surface area contributed by atoms with Gasteiger partial charge < -0.3 is 21.1 Å². The zero-order valence-electron chi connectivity index (χ0n) is 12.3. The topological polar surface area (TPSA) is 56.3 Å². The van der Waals surface area contributed by atoms with Crippen LogP contribution in [0.3, 0.4) is 0 Å². The quantitative estimate of drug-likeness (QED) is 0.530. The number of benzene rings is 1. The molecule has 0 spiro atoms. The van der Waals surface area contributed by atoms with Crippen molar-refractivity contribution in [1.29, 1.82) is 0 Å². The van der Waals surface area contributed by atoms with Crippen molar-refractivity contribution in [3.05, 3.63) is 28.8 Å². The summed E-state index contributed by atoms with van der Waals surface area (Å²) in [6.07, 6.45) is 2.72. The van der Waals surface area contributed by atoms with Crippen LogP contribution in [0.25, 0.3) is 0 Å². The van der Waals surface area contributed by atoms with Crippen molar-refractivity contribution in [2.24, 2.45) is 0 Å². The van der Waals surface area contributed by atoms with E-state index in [-0.39, 0.29) is 0 Å². The molecule has 0 aromatic heterocycles. The molecule has 0 amide bonds. The van der Waals surface area contributed by atoms with Gasteiger partial charge in [0.1, 0.15) is 5.75 Å². The van der Waals surface area contributed by atoms with Gasteiger partial charge in [-0.3, -0.25) is 0 Å². The van der Waals surface area contributed by atoms with Crippen molar-refractivity contribution in [2.45, 2.75) is 19.3 Å². The van der Waals surface area contributed by atoms with E-state index in [0.717, 1.165) is 50.0 Å². The van der Waals surface area contributed by atoms with Crippen LogP contribution in [0.15, 0.2) is 12.1 Å². The number of phenols is 1. The van der Waals surface area contributed by atoms with Gasteiger partial charge in [0.05, 0.1) is 0 Å². The van der Waals surface area contributed by atoms with E-state index in [1.165, 1.54) is 5.56 Å². The summed E-state index contributed by atoms with van der Waals surface area (Å²) < 4.78 is 0. The van der Waals surface area contributed by atoms with Crippen LogP contribution in [0.5, 0.6) is 5.75 Å². The highest BCUT2D eigenvalue weighted by Crippen LogP contribution is 2.26. The van der Waals surface area contributed by atoms with Gasteiger partial charge in [0.25, 0.3) is 0 Å². The predicted octanol–water partition coefficient (Wildman–Crippen LogP) is 0.678. The Hall–Kier alpha value is -1.10. The number of phenolic OH excluding ortho intramolecular Hbond substituents is 1. The molecule has 0 atom stereocenters. The molecule has 0 aliphatic carbocycles. The molecule has 0 aliphatic rings. The van der Waals surface area contributed by atoms with E-state index in [1.54, 1.807) is 0 Å². The maximum absolute atomic E-state index is 10.3. The lowest BCUT2D eigenvalue weighted by atomic mass is 9.98. The lowest BCUT2D eigenvalue weighted by Crippen LogP contribution is -2.14. The summed E-state index contributed by atoms with van der Waals surface area (Å²) in [4.78, 5) is 0. The van der Waals surface area contributed by atoms with Crippen LogP contribution in [0.1, 0.15) is 16.7 Å². The van der Waals surface area contributed by atoms with Crippen molar-refractivity contribution in [3.8, 4) is 5.75 Å². The molecule has 1 aromatic carbocycles. The van der Waals surface area contributed by atoms with E-state index in [1.807, 2.05) is 21.1 Å². The Morgan fingerprint density at radius 3 is 1.63 bits per heavy atom. The first-order chi connectivity index (χ1) is 9.22. The van der Waals surface area contributed by atoms with E-state index in [2.05, 4.69) is 28.1 Å². The number of aromatic hydroxyl groups is 1. The van der Waals surface area contributed by atoms with Crippen molar-refractivity contribution in [3.63, 3.8) is 0 Å². The Balaban J connectivity index is 2.92. The predicted molar refractivity (Wildman–Crippen MR) is 81.0 cm³/mol. The third kappa shape index (κ3) is 5.19. The smallest absolute Gasteiger partial charge is 0.122 e. The molecule has 108 valence electrons. The van der Waals surface area contributed by atoms with Crippen LogP contribution in [0.2, 0.25) is 0 Å². The zero-order chi connectivity index (χ0) is 14.1. The number of hydrogen-bond acceptors (Lipinski definition) is 4. The molecule has 1 aromatic rings. The molecule has 19 heavy (non-hydrogen) atoms. The summed E-state index contributed by atoms with van der Waals surface area (Å²) in [5.41, 5.74) is 3.40. The standard InChI is InChI=1S/C15H27N3O/c1-16-7-4-12-10-13(5-8-17-2)15(19)14(11-12)6-9-18-3/h10-11,16-19H,4-9H2,1-3H3. The highest BCUT2D eigenvalue weighted by atomic mass is 16.3. The molecule has 4 nitrogen and oxygen atoms in total. The van der Waals surface area contributed by atoms with Crippen LogP contribution >= 0.6 is 0 Å². The van der Waals surface area contributed by atoms with Gasteiger partial charge in [-0.25, -0.2) is 0 Å². The Morgan fingerprint density at radius 1 is 0.789 bits per heavy atom. The summed E-state index contributed by atoms with van der Waals surface area (Å²) in [5, 5.41) is 19.8. The summed E-state index contributed by atoms with van der Waals surface area (Å²) >= 11 is 0. The SMILES string of the molecule is CNCCc1cc(CCNC)c(O)c(CCNC)c1. The maximum atomic E-state index is 10.3. The lowest BCUT2D eigenvalue weighted by molar-refractivity contribution is 0.459. The van der Waals surface area contributed by atoms with Crippen molar-refractivity contribution < 1.29 is 5.11 Å². The van der Waals surface area contributed by atoms with Crippen molar-refractivity contribution in [1.82, 2.24) is 16.0 Å². The first kappa shape index (κ1) is 16.0. The fourth-order valence-electron chi connectivity index (χ4n) is 2.15. The molecule has 0 saturated heterocycles. The highest BCUT2D eigenvalue weighted by molar-refractivity contribution is 5.44. The zero-order valence-corrected chi connectivity index (χ0v) is 12.3. The fourth-order valence-corrected chi connectivity index (χ4v) is 2.15. The second-order valence-electron chi connectivity index (χ2n) is 4.82. The molecule has 0 bridgehead atoms. The average Bonchev–Trinajstić information content (AvgIpc) is 2.43. The minimum Gasteiger partial charge on any atom is -0.507 e. The molecule has 0 radical (unpaired) electrons. The van der Waals surface area contributed by atoms with Gasteiger partial charge in [0.15, 0.2) is 0 Å². The largest absolute Gasteiger partial charge is 0.507 e. The fraction of sp³-hybridized carbons (Fsp3) is 0.600. The van der Waals surface area contributed by atoms with Gasteiger partial charge >= 0.3 is 0 Å². The van der Waals surface area contributed by atoms with Crippen LogP contribution in [0.4, 0.5) is 0 Å². The van der Waals surface area contributed by atoms with Crippen LogP contribution in [0, 0.1) is 0 Å². The maximum Gasteiger partial charge on any atom is 0.122 e. The molecule has 4 heteroatoms. The number of likely N-dealkylation sites (N-methyl/N-ethyl adjacent to an activating group) is 3. The molecule has 0 unspecified atom stereocenters. The van der Waals surface area contributed by atoms with Crippen molar-refractivity contribution in [2.75, 3.05) is 40.8 Å². The Kier molecular flexibility index (Phi) is 7.48. The number of rotatable bonds is 9. The highest BCUT2D eigenvalue weighted by Gasteiger charge is 2.09.